The van der Waals surface area contributed by atoms with Crippen LogP contribution in [0.5, 0.6) is 0 Å². The molecule has 0 fully saturated rings. The topological polar surface area (TPSA) is 61.2 Å². The zero-order chi connectivity index (χ0) is 13.8. The lowest BCUT2D eigenvalue weighted by atomic mass is 10.2. The third-order valence-electron chi connectivity index (χ3n) is 2.62. The van der Waals surface area contributed by atoms with Crippen LogP contribution in [0.1, 0.15) is 11.1 Å². The maximum Gasteiger partial charge on any atom is 0.243 e. The highest BCUT2D eigenvalue weighted by Crippen LogP contribution is 2.20. The second-order valence-corrected chi connectivity index (χ2v) is 6.91. The van der Waals surface area contributed by atoms with E-state index < -0.39 is 10.0 Å². The van der Waals surface area contributed by atoms with Crippen LogP contribution in [-0.4, -0.2) is 38.3 Å². The summed E-state index contributed by atoms with van der Waals surface area (Å²) in [6, 6.07) is 6.67. The van der Waals surface area contributed by atoms with Crippen molar-refractivity contribution in [1.82, 2.24) is 4.31 Å². The van der Waals surface area contributed by atoms with Crippen molar-refractivity contribution in [3.05, 3.63) is 29.3 Å². The fraction of sp³-hybridized carbons (Fsp3) is 0.417. The summed E-state index contributed by atoms with van der Waals surface area (Å²) in [5, 5.41) is 8.84. The number of nitriles is 1. The molecule has 0 heterocycles. The van der Waals surface area contributed by atoms with Crippen LogP contribution in [0.4, 0.5) is 0 Å². The van der Waals surface area contributed by atoms with Crippen LogP contribution in [0.25, 0.3) is 0 Å². The third-order valence-corrected chi connectivity index (χ3v) is 5.21. The molecule has 0 saturated heterocycles. The van der Waals surface area contributed by atoms with Crippen molar-refractivity contribution in [1.29, 1.82) is 5.26 Å². The zero-order valence-corrected chi connectivity index (χ0v) is 12.3. The minimum atomic E-state index is -3.51. The van der Waals surface area contributed by atoms with Gasteiger partial charge in [-0.25, -0.2) is 12.7 Å². The number of aryl methyl sites for hydroxylation is 1. The van der Waals surface area contributed by atoms with Gasteiger partial charge in [-0.1, -0.05) is 6.07 Å². The van der Waals surface area contributed by atoms with Gasteiger partial charge in [-0.3, -0.25) is 0 Å². The molecule has 0 spiro atoms. The molecule has 0 unspecified atom stereocenters. The molecule has 0 aliphatic carbocycles. The molecule has 0 aliphatic rings. The van der Waals surface area contributed by atoms with E-state index in [1.807, 2.05) is 12.3 Å². The summed E-state index contributed by atoms with van der Waals surface area (Å²) < 4.78 is 26.0. The highest BCUT2D eigenvalue weighted by Gasteiger charge is 2.22. The fourth-order valence-electron chi connectivity index (χ4n) is 1.46. The first-order valence-corrected chi connectivity index (χ1v) is 8.23. The van der Waals surface area contributed by atoms with E-state index in [0.717, 1.165) is 5.75 Å². The SMILES string of the molecule is CSCCN(C)S(=O)(=O)c1cc(C#N)ccc1C. The molecule has 0 aliphatic heterocycles. The van der Waals surface area contributed by atoms with Crippen molar-refractivity contribution in [3.8, 4) is 6.07 Å². The van der Waals surface area contributed by atoms with Crippen molar-refractivity contribution in [2.45, 2.75) is 11.8 Å². The molecular formula is C12H16N2O2S2. The lowest BCUT2D eigenvalue weighted by Crippen LogP contribution is -2.29. The Balaban J connectivity index is 3.16. The van der Waals surface area contributed by atoms with Gasteiger partial charge in [0.2, 0.25) is 10.0 Å². The average Bonchev–Trinajstić information content (AvgIpc) is 2.36. The standard InChI is InChI=1S/C12H16N2O2S2/c1-10-4-5-11(9-13)8-12(10)18(15,16)14(2)6-7-17-3/h4-5,8H,6-7H2,1-3H3. The van der Waals surface area contributed by atoms with Gasteiger partial charge >= 0.3 is 0 Å². The van der Waals surface area contributed by atoms with Crippen molar-refractivity contribution in [2.24, 2.45) is 0 Å². The van der Waals surface area contributed by atoms with Crippen molar-refractivity contribution >= 4 is 21.8 Å². The fourth-order valence-corrected chi connectivity index (χ4v) is 3.45. The number of sulfonamides is 1. The van der Waals surface area contributed by atoms with Gasteiger partial charge in [0.15, 0.2) is 0 Å². The number of hydrogen-bond acceptors (Lipinski definition) is 4. The Labute approximate surface area is 113 Å². The van der Waals surface area contributed by atoms with E-state index in [4.69, 9.17) is 5.26 Å². The number of hydrogen-bond donors (Lipinski definition) is 0. The Morgan fingerprint density at radius 1 is 1.44 bits per heavy atom. The summed E-state index contributed by atoms with van der Waals surface area (Å²) in [6.45, 7) is 2.19. The van der Waals surface area contributed by atoms with Crippen LogP contribution in [0.15, 0.2) is 23.1 Å². The molecule has 0 N–H and O–H groups in total. The van der Waals surface area contributed by atoms with E-state index in [9.17, 15) is 8.42 Å². The Kier molecular flexibility index (Phi) is 5.20. The quantitative estimate of drug-likeness (QED) is 0.828. The van der Waals surface area contributed by atoms with E-state index in [2.05, 4.69) is 0 Å². The maximum absolute atomic E-state index is 12.3. The highest BCUT2D eigenvalue weighted by atomic mass is 32.2. The second-order valence-electron chi connectivity index (χ2n) is 3.91. The Morgan fingerprint density at radius 3 is 2.67 bits per heavy atom. The summed E-state index contributed by atoms with van der Waals surface area (Å²) in [6.07, 6.45) is 1.93. The van der Waals surface area contributed by atoms with Crippen LogP contribution >= 0.6 is 11.8 Å². The van der Waals surface area contributed by atoms with Crippen LogP contribution < -0.4 is 0 Å². The minimum absolute atomic E-state index is 0.213. The minimum Gasteiger partial charge on any atom is -0.207 e. The van der Waals surface area contributed by atoms with Gasteiger partial charge in [-0.05, 0) is 30.9 Å². The Hall–Kier alpha value is -1.03. The van der Waals surface area contributed by atoms with E-state index in [1.54, 1.807) is 37.9 Å². The molecule has 1 aromatic rings. The predicted octanol–water partition coefficient (Wildman–Crippen LogP) is 1.85. The third kappa shape index (κ3) is 3.25. The molecule has 1 aromatic carbocycles. The zero-order valence-electron chi connectivity index (χ0n) is 10.7. The Morgan fingerprint density at radius 2 is 2.11 bits per heavy atom. The van der Waals surface area contributed by atoms with Gasteiger partial charge in [0.05, 0.1) is 16.5 Å². The second kappa shape index (κ2) is 6.23. The molecule has 0 bridgehead atoms. The van der Waals surface area contributed by atoms with Gasteiger partial charge in [0.1, 0.15) is 0 Å². The summed E-state index contributed by atoms with van der Waals surface area (Å²) in [4.78, 5) is 0.213. The lowest BCUT2D eigenvalue weighted by molar-refractivity contribution is 0.488. The van der Waals surface area contributed by atoms with E-state index in [-0.39, 0.29) is 4.90 Å². The molecule has 0 atom stereocenters. The van der Waals surface area contributed by atoms with E-state index >= 15 is 0 Å². The van der Waals surface area contributed by atoms with Crippen molar-refractivity contribution in [3.63, 3.8) is 0 Å². The molecule has 1 rings (SSSR count). The predicted molar refractivity (Wildman–Crippen MR) is 74.1 cm³/mol. The molecule has 0 aromatic heterocycles. The van der Waals surface area contributed by atoms with Crippen LogP contribution in [-0.2, 0) is 10.0 Å². The summed E-state index contributed by atoms with van der Waals surface area (Å²) in [5.41, 5.74) is 1.02. The summed E-state index contributed by atoms with van der Waals surface area (Å²) in [7, 11) is -1.95. The number of nitrogens with zero attached hydrogens (tertiary/aromatic N) is 2. The summed E-state index contributed by atoms with van der Waals surface area (Å²) >= 11 is 1.59. The number of benzene rings is 1. The normalized spacial score (nSPS) is 11.5. The average molecular weight is 284 g/mol. The van der Waals surface area contributed by atoms with Gasteiger partial charge < -0.3 is 0 Å². The van der Waals surface area contributed by atoms with Crippen molar-refractivity contribution < 1.29 is 8.42 Å². The van der Waals surface area contributed by atoms with Crippen molar-refractivity contribution in [2.75, 3.05) is 25.6 Å². The Bertz CT molecular complexity index is 562. The molecule has 98 valence electrons. The van der Waals surface area contributed by atoms with Gasteiger partial charge in [-0.15, -0.1) is 0 Å². The van der Waals surface area contributed by atoms with E-state index in [1.165, 1.54) is 10.4 Å². The lowest BCUT2D eigenvalue weighted by Gasteiger charge is -2.18. The number of thioether (sulfide) groups is 1. The molecule has 18 heavy (non-hydrogen) atoms. The molecule has 6 heteroatoms. The maximum atomic E-state index is 12.3. The first-order valence-electron chi connectivity index (χ1n) is 5.39. The highest BCUT2D eigenvalue weighted by molar-refractivity contribution is 7.98. The molecule has 0 amide bonds. The van der Waals surface area contributed by atoms with Crippen LogP contribution in [0.3, 0.4) is 0 Å². The molecule has 4 nitrogen and oxygen atoms in total. The molecule has 0 saturated carbocycles. The van der Waals surface area contributed by atoms with Crippen LogP contribution in [0, 0.1) is 18.3 Å². The first-order chi connectivity index (χ1) is 8.43. The first kappa shape index (κ1) is 15.0. The van der Waals surface area contributed by atoms with Gasteiger partial charge in [0.25, 0.3) is 0 Å². The van der Waals surface area contributed by atoms with Crippen LogP contribution in [0.2, 0.25) is 0 Å². The monoisotopic (exact) mass is 284 g/mol. The largest absolute Gasteiger partial charge is 0.243 e. The number of rotatable bonds is 5. The summed E-state index contributed by atoms with van der Waals surface area (Å²) in [5.74, 6) is 0.743. The molecular weight excluding hydrogens is 268 g/mol. The van der Waals surface area contributed by atoms with Gasteiger partial charge in [-0.2, -0.15) is 17.0 Å². The molecule has 0 radical (unpaired) electrons. The van der Waals surface area contributed by atoms with Gasteiger partial charge in [0, 0.05) is 19.3 Å². The smallest absolute Gasteiger partial charge is 0.207 e. The van der Waals surface area contributed by atoms with E-state index in [0.29, 0.717) is 17.7 Å².